The van der Waals surface area contributed by atoms with E-state index in [1.165, 1.54) is 0 Å². The fourth-order valence-electron chi connectivity index (χ4n) is 3.02. The van der Waals surface area contributed by atoms with E-state index in [-0.39, 0.29) is 11.9 Å². The molecule has 1 aliphatic heterocycles. The summed E-state index contributed by atoms with van der Waals surface area (Å²) in [5.41, 5.74) is 2.41. The maximum atomic E-state index is 12.5. The molecular weight excluding hydrogens is 326 g/mol. The van der Waals surface area contributed by atoms with Crippen LogP contribution in [0.1, 0.15) is 16.8 Å². The number of benzene rings is 1. The predicted octanol–water partition coefficient (Wildman–Crippen LogP) is 2.39. The number of amides is 1. The predicted molar refractivity (Wildman–Crippen MR) is 92.5 cm³/mol. The van der Waals surface area contributed by atoms with Crippen LogP contribution in [0.5, 0.6) is 0 Å². The molecule has 1 atom stereocenters. The van der Waals surface area contributed by atoms with Gasteiger partial charge < -0.3 is 10.2 Å². The minimum Gasteiger partial charge on any atom is -0.369 e. The van der Waals surface area contributed by atoms with Crippen molar-refractivity contribution in [3.8, 4) is 0 Å². The first-order chi connectivity index (χ1) is 11.7. The molecule has 1 aliphatic rings. The van der Waals surface area contributed by atoms with E-state index < -0.39 is 0 Å². The second kappa shape index (κ2) is 6.13. The largest absolute Gasteiger partial charge is 0.369 e. The van der Waals surface area contributed by atoms with Crippen LogP contribution in [0.2, 0.25) is 5.02 Å². The lowest BCUT2D eigenvalue weighted by molar-refractivity contribution is 0.0940. The van der Waals surface area contributed by atoms with Crippen LogP contribution in [0.15, 0.2) is 48.9 Å². The standard InChI is InChI=1S/C17H16ClN5O/c18-13-2-1-3-15(8-13)22-7-6-14(10-22)20-17(24)12-4-5-16-21-19-11-23(16)9-12/h1-5,8-9,11,14H,6-7,10H2,(H,20,24). The molecule has 122 valence electrons. The van der Waals surface area contributed by atoms with E-state index in [4.69, 9.17) is 11.6 Å². The molecule has 6 nitrogen and oxygen atoms in total. The van der Waals surface area contributed by atoms with Gasteiger partial charge in [0.15, 0.2) is 5.65 Å². The fourth-order valence-corrected chi connectivity index (χ4v) is 3.20. The zero-order chi connectivity index (χ0) is 16.5. The van der Waals surface area contributed by atoms with Crippen molar-refractivity contribution < 1.29 is 4.79 Å². The Morgan fingerprint density at radius 2 is 2.21 bits per heavy atom. The average molecular weight is 342 g/mol. The lowest BCUT2D eigenvalue weighted by Gasteiger charge is -2.19. The third-order valence-corrected chi connectivity index (χ3v) is 4.49. The van der Waals surface area contributed by atoms with Crippen molar-refractivity contribution in [1.82, 2.24) is 19.9 Å². The number of rotatable bonds is 3. The van der Waals surface area contributed by atoms with Gasteiger partial charge in [-0.25, -0.2) is 0 Å². The molecule has 1 unspecified atom stereocenters. The normalized spacial score (nSPS) is 17.4. The highest BCUT2D eigenvalue weighted by Crippen LogP contribution is 2.23. The number of carbonyl (C=O) groups excluding carboxylic acids is 1. The van der Waals surface area contributed by atoms with Gasteiger partial charge in [-0.3, -0.25) is 9.20 Å². The van der Waals surface area contributed by atoms with Crippen LogP contribution in [-0.2, 0) is 0 Å². The third kappa shape index (κ3) is 2.92. The first-order valence-electron chi connectivity index (χ1n) is 7.80. The number of carbonyl (C=O) groups is 1. The van der Waals surface area contributed by atoms with Crippen LogP contribution >= 0.6 is 11.6 Å². The molecular formula is C17H16ClN5O. The Hall–Kier alpha value is -2.60. The van der Waals surface area contributed by atoms with Crippen LogP contribution in [0.25, 0.3) is 5.65 Å². The smallest absolute Gasteiger partial charge is 0.253 e. The average Bonchev–Trinajstić information content (AvgIpc) is 3.23. The maximum absolute atomic E-state index is 12.5. The topological polar surface area (TPSA) is 62.5 Å². The van der Waals surface area contributed by atoms with Crippen molar-refractivity contribution in [2.75, 3.05) is 18.0 Å². The van der Waals surface area contributed by atoms with Crippen molar-refractivity contribution in [3.05, 3.63) is 59.5 Å². The Morgan fingerprint density at radius 3 is 3.08 bits per heavy atom. The van der Waals surface area contributed by atoms with Crippen molar-refractivity contribution in [1.29, 1.82) is 0 Å². The first kappa shape index (κ1) is 15.0. The molecule has 1 N–H and O–H groups in total. The summed E-state index contributed by atoms with van der Waals surface area (Å²) in [5.74, 6) is -0.0801. The lowest BCUT2D eigenvalue weighted by atomic mass is 10.2. The Kier molecular flexibility index (Phi) is 3.82. The number of fused-ring (bicyclic) bond motifs is 1. The molecule has 24 heavy (non-hydrogen) atoms. The summed E-state index contributed by atoms with van der Waals surface area (Å²) >= 11 is 6.05. The zero-order valence-electron chi connectivity index (χ0n) is 12.9. The minimum atomic E-state index is -0.0801. The van der Waals surface area contributed by atoms with Gasteiger partial charge in [-0.1, -0.05) is 17.7 Å². The highest BCUT2D eigenvalue weighted by Gasteiger charge is 2.24. The second-order valence-corrected chi connectivity index (χ2v) is 6.34. The number of hydrogen-bond acceptors (Lipinski definition) is 4. The summed E-state index contributed by atoms with van der Waals surface area (Å²) in [6.07, 6.45) is 4.24. The van der Waals surface area contributed by atoms with E-state index in [1.807, 2.05) is 24.3 Å². The van der Waals surface area contributed by atoms with Crippen LogP contribution < -0.4 is 10.2 Å². The van der Waals surface area contributed by atoms with E-state index in [1.54, 1.807) is 29.1 Å². The summed E-state index contributed by atoms with van der Waals surface area (Å²) in [7, 11) is 0. The number of pyridine rings is 1. The van der Waals surface area contributed by atoms with Crippen LogP contribution in [-0.4, -0.2) is 39.6 Å². The molecule has 1 amide bonds. The molecule has 3 aromatic rings. The molecule has 3 heterocycles. The number of anilines is 1. The third-order valence-electron chi connectivity index (χ3n) is 4.25. The summed E-state index contributed by atoms with van der Waals surface area (Å²) in [6, 6.07) is 11.5. The molecule has 0 saturated carbocycles. The van der Waals surface area contributed by atoms with Crippen molar-refractivity contribution in [3.63, 3.8) is 0 Å². The zero-order valence-corrected chi connectivity index (χ0v) is 13.6. The van der Waals surface area contributed by atoms with Crippen molar-refractivity contribution >= 4 is 28.8 Å². The number of halogens is 1. The Balaban J connectivity index is 1.43. The summed E-state index contributed by atoms with van der Waals surface area (Å²) in [4.78, 5) is 14.7. The van der Waals surface area contributed by atoms with E-state index in [2.05, 4.69) is 20.4 Å². The Morgan fingerprint density at radius 1 is 1.29 bits per heavy atom. The molecule has 2 aromatic heterocycles. The molecule has 1 saturated heterocycles. The van der Waals surface area contributed by atoms with Gasteiger partial charge in [0.25, 0.3) is 5.91 Å². The van der Waals surface area contributed by atoms with Gasteiger partial charge in [-0.05, 0) is 36.8 Å². The van der Waals surface area contributed by atoms with E-state index in [0.717, 1.165) is 35.9 Å². The highest BCUT2D eigenvalue weighted by molar-refractivity contribution is 6.30. The molecule has 1 fully saturated rings. The monoisotopic (exact) mass is 341 g/mol. The van der Waals surface area contributed by atoms with Gasteiger partial charge in [-0.2, -0.15) is 0 Å². The Labute approximate surface area is 144 Å². The maximum Gasteiger partial charge on any atom is 0.253 e. The van der Waals surface area contributed by atoms with Gasteiger partial charge in [0.1, 0.15) is 6.33 Å². The fraction of sp³-hybridized carbons (Fsp3) is 0.235. The molecule has 0 radical (unpaired) electrons. The van der Waals surface area contributed by atoms with Crippen molar-refractivity contribution in [2.24, 2.45) is 0 Å². The van der Waals surface area contributed by atoms with Gasteiger partial charge >= 0.3 is 0 Å². The number of nitrogens with zero attached hydrogens (tertiary/aromatic N) is 4. The SMILES string of the molecule is O=C(NC1CCN(c2cccc(Cl)c2)C1)c1ccc2nncn2c1. The van der Waals surface area contributed by atoms with Crippen molar-refractivity contribution in [2.45, 2.75) is 12.5 Å². The summed E-state index contributed by atoms with van der Waals surface area (Å²) in [6.45, 7) is 1.68. The number of aromatic nitrogens is 3. The second-order valence-electron chi connectivity index (χ2n) is 5.90. The summed E-state index contributed by atoms with van der Waals surface area (Å²) in [5, 5.41) is 11.6. The van der Waals surface area contributed by atoms with Crippen LogP contribution in [0.4, 0.5) is 5.69 Å². The van der Waals surface area contributed by atoms with Gasteiger partial charge in [0, 0.05) is 36.0 Å². The van der Waals surface area contributed by atoms with Gasteiger partial charge in [0.05, 0.1) is 5.56 Å². The Bertz CT molecular complexity index is 893. The van der Waals surface area contributed by atoms with Gasteiger partial charge in [-0.15, -0.1) is 10.2 Å². The first-order valence-corrected chi connectivity index (χ1v) is 8.17. The lowest BCUT2D eigenvalue weighted by Crippen LogP contribution is -2.37. The molecule has 0 spiro atoms. The van der Waals surface area contributed by atoms with E-state index >= 15 is 0 Å². The number of nitrogens with one attached hydrogen (secondary N) is 1. The van der Waals surface area contributed by atoms with E-state index in [9.17, 15) is 4.79 Å². The van der Waals surface area contributed by atoms with Crippen LogP contribution in [0.3, 0.4) is 0 Å². The number of hydrogen-bond donors (Lipinski definition) is 1. The molecule has 7 heteroatoms. The quantitative estimate of drug-likeness (QED) is 0.794. The molecule has 1 aromatic carbocycles. The molecule has 0 aliphatic carbocycles. The van der Waals surface area contributed by atoms with Gasteiger partial charge in [0.2, 0.25) is 0 Å². The minimum absolute atomic E-state index is 0.0801. The highest BCUT2D eigenvalue weighted by atomic mass is 35.5. The summed E-state index contributed by atoms with van der Waals surface area (Å²) < 4.78 is 1.74. The van der Waals surface area contributed by atoms with E-state index in [0.29, 0.717) is 5.56 Å². The molecule has 0 bridgehead atoms. The molecule has 4 rings (SSSR count). The van der Waals surface area contributed by atoms with Crippen LogP contribution in [0, 0.1) is 0 Å².